The summed E-state index contributed by atoms with van der Waals surface area (Å²) in [6.07, 6.45) is 3.79. The van der Waals surface area contributed by atoms with Gasteiger partial charge in [0.05, 0.1) is 25.1 Å². The lowest BCUT2D eigenvalue weighted by Gasteiger charge is -2.47. The van der Waals surface area contributed by atoms with E-state index < -0.39 is 0 Å². The molecule has 2 aliphatic heterocycles. The highest BCUT2D eigenvalue weighted by Gasteiger charge is 2.41. The zero-order chi connectivity index (χ0) is 12.6. The van der Waals surface area contributed by atoms with Crippen LogP contribution in [0.2, 0.25) is 5.28 Å². The van der Waals surface area contributed by atoms with Gasteiger partial charge >= 0.3 is 0 Å². The number of hydrogen-bond donors (Lipinski definition) is 2. The fourth-order valence-electron chi connectivity index (χ4n) is 2.38. The number of hydrogen-bond acceptors (Lipinski definition) is 6. The maximum atomic E-state index is 5.80. The summed E-state index contributed by atoms with van der Waals surface area (Å²) < 4.78 is 5.31. The van der Waals surface area contributed by atoms with Crippen LogP contribution in [0.15, 0.2) is 6.20 Å². The number of ether oxygens (including phenoxy) is 1. The Bertz CT molecular complexity index is 441. The van der Waals surface area contributed by atoms with Crippen molar-refractivity contribution in [3.63, 3.8) is 0 Å². The molecular weight excluding hydrogens is 254 g/mol. The Balaban J connectivity index is 1.62. The predicted molar refractivity (Wildman–Crippen MR) is 69.1 cm³/mol. The van der Waals surface area contributed by atoms with Gasteiger partial charge in [-0.05, 0) is 24.4 Å². The Hall–Kier alpha value is -1.11. The number of nitrogen functional groups attached to an aromatic ring is 1. The SMILES string of the molecule is Nc1cnc(Cl)nc1NN1CCC2(CC1)COC2. The largest absolute Gasteiger partial charge is 0.394 e. The molecule has 2 fully saturated rings. The van der Waals surface area contributed by atoms with E-state index in [9.17, 15) is 0 Å². The molecule has 3 N–H and O–H groups in total. The van der Waals surface area contributed by atoms with Crippen LogP contribution in [0.25, 0.3) is 0 Å². The minimum atomic E-state index is 0.201. The van der Waals surface area contributed by atoms with Crippen LogP contribution in [0.1, 0.15) is 12.8 Å². The number of halogens is 1. The van der Waals surface area contributed by atoms with Crippen LogP contribution < -0.4 is 11.2 Å². The number of aromatic nitrogens is 2. The fourth-order valence-corrected chi connectivity index (χ4v) is 2.51. The van der Waals surface area contributed by atoms with Gasteiger partial charge in [0.2, 0.25) is 5.28 Å². The lowest BCUT2D eigenvalue weighted by atomic mass is 9.77. The number of nitrogens with two attached hydrogens (primary N) is 1. The zero-order valence-electron chi connectivity index (χ0n) is 10.0. The highest BCUT2D eigenvalue weighted by atomic mass is 35.5. The van der Waals surface area contributed by atoms with Gasteiger partial charge in [-0.25, -0.2) is 9.99 Å². The molecule has 0 radical (unpaired) electrons. The summed E-state index contributed by atoms with van der Waals surface area (Å²) in [7, 11) is 0. The second kappa shape index (κ2) is 4.53. The van der Waals surface area contributed by atoms with E-state index in [-0.39, 0.29) is 5.28 Å². The van der Waals surface area contributed by atoms with E-state index in [1.54, 1.807) is 0 Å². The normalized spacial score (nSPS) is 22.7. The predicted octanol–water partition coefficient (Wildman–Crippen LogP) is 1.15. The molecule has 3 heterocycles. The first-order valence-corrected chi connectivity index (χ1v) is 6.42. The summed E-state index contributed by atoms with van der Waals surface area (Å²) >= 11 is 5.76. The van der Waals surface area contributed by atoms with Gasteiger partial charge < -0.3 is 15.9 Å². The van der Waals surface area contributed by atoms with Crippen molar-refractivity contribution in [2.24, 2.45) is 5.41 Å². The Morgan fingerprint density at radius 1 is 1.39 bits per heavy atom. The molecule has 98 valence electrons. The molecule has 7 heteroatoms. The molecular formula is C11H16ClN5O. The summed E-state index contributed by atoms with van der Waals surface area (Å²) in [6, 6.07) is 0. The Kier molecular flexibility index (Phi) is 3.01. The zero-order valence-corrected chi connectivity index (χ0v) is 10.8. The molecule has 3 rings (SSSR count). The molecule has 1 spiro atoms. The van der Waals surface area contributed by atoms with Gasteiger partial charge in [0, 0.05) is 18.5 Å². The van der Waals surface area contributed by atoms with E-state index in [0.29, 0.717) is 16.9 Å². The van der Waals surface area contributed by atoms with Crippen LogP contribution in [0.3, 0.4) is 0 Å². The van der Waals surface area contributed by atoms with Gasteiger partial charge in [-0.2, -0.15) is 4.98 Å². The van der Waals surface area contributed by atoms with Crippen molar-refractivity contribution in [3.05, 3.63) is 11.5 Å². The average Bonchev–Trinajstić information content (AvgIpc) is 2.33. The average molecular weight is 270 g/mol. The van der Waals surface area contributed by atoms with Crippen LogP contribution in [0, 0.1) is 5.41 Å². The Labute approximate surface area is 110 Å². The van der Waals surface area contributed by atoms with Crippen molar-refractivity contribution in [2.75, 3.05) is 37.5 Å². The standard InChI is InChI=1S/C11H16ClN5O/c12-10-14-5-8(13)9(15-10)16-17-3-1-11(2-4-17)6-18-7-11/h5H,1-4,6-7,13H2,(H,14,15,16). The molecule has 0 amide bonds. The summed E-state index contributed by atoms with van der Waals surface area (Å²) in [4.78, 5) is 7.92. The number of anilines is 2. The minimum absolute atomic E-state index is 0.201. The summed E-state index contributed by atoms with van der Waals surface area (Å²) in [5, 5.41) is 2.33. The van der Waals surface area contributed by atoms with E-state index in [1.165, 1.54) is 6.20 Å². The fraction of sp³-hybridized carbons (Fsp3) is 0.636. The molecule has 0 aromatic carbocycles. The molecule has 2 aliphatic rings. The van der Waals surface area contributed by atoms with Crippen LogP contribution in [0.5, 0.6) is 0 Å². The van der Waals surface area contributed by atoms with Crippen LogP contribution >= 0.6 is 11.6 Å². The van der Waals surface area contributed by atoms with Crippen LogP contribution in [-0.4, -0.2) is 41.3 Å². The lowest BCUT2D eigenvalue weighted by molar-refractivity contribution is -0.137. The van der Waals surface area contributed by atoms with Crippen LogP contribution in [-0.2, 0) is 4.74 Å². The van der Waals surface area contributed by atoms with E-state index in [4.69, 9.17) is 22.1 Å². The monoisotopic (exact) mass is 269 g/mol. The molecule has 0 aliphatic carbocycles. The molecule has 2 saturated heterocycles. The number of hydrazine groups is 1. The third-order valence-electron chi connectivity index (χ3n) is 3.69. The molecule has 18 heavy (non-hydrogen) atoms. The van der Waals surface area contributed by atoms with E-state index in [2.05, 4.69) is 20.4 Å². The topological polar surface area (TPSA) is 76.3 Å². The van der Waals surface area contributed by atoms with Crippen LogP contribution in [0.4, 0.5) is 11.5 Å². The highest BCUT2D eigenvalue weighted by molar-refractivity contribution is 6.28. The maximum absolute atomic E-state index is 5.80. The number of nitrogens with one attached hydrogen (secondary N) is 1. The molecule has 0 unspecified atom stereocenters. The van der Waals surface area contributed by atoms with Crippen molar-refractivity contribution in [2.45, 2.75) is 12.8 Å². The molecule has 0 bridgehead atoms. The van der Waals surface area contributed by atoms with Gasteiger partial charge in [-0.15, -0.1) is 0 Å². The van der Waals surface area contributed by atoms with Crippen molar-refractivity contribution in [3.8, 4) is 0 Å². The smallest absolute Gasteiger partial charge is 0.224 e. The highest BCUT2D eigenvalue weighted by Crippen LogP contribution is 2.38. The second-order valence-electron chi connectivity index (χ2n) is 5.03. The summed E-state index contributed by atoms with van der Waals surface area (Å²) in [5.74, 6) is 0.579. The van der Waals surface area contributed by atoms with E-state index in [1.807, 2.05) is 0 Å². The van der Waals surface area contributed by atoms with Crippen molar-refractivity contribution >= 4 is 23.1 Å². The van der Waals surface area contributed by atoms with Crippen molar-refractivity contribution < 1.29 is 4.74 Å². The summed E-state index contributed by atoms with van der Waals surface area (Å²) in [6.45, 7) is 3.74. The maximum Gasteiger partial charge on any atom is 0.224 e. The second-order valence-corrected chi connectivity index (χ2v) is 5.37. The number of rotatable bonds is 2. The van der Waals surface area contributed by atoms with Gasteiger partial charge in [0.1, 0.15) is 0 Å². The first kappa shape index (κ1) is 12.0. The molecule has 1 aromatic heterocycles. The quantitative estimate of drug-likeness (QED) is 0.785. The Morgan fingerprint density at radius 2 is 2.11 bits per heavy atom. The number of piperidine rings is 1. The minimum Gasteiger partial charge on any atom is -0.394 e. The van der Waals surface area contributed by atoms with E-state index >= 15 is 0 Å². The lowest BCUT2D eigenvalue weighted by Crippen LogP contribution is -2.52. The first-order valence-electron chi connectivity index (χ1n) is 6.04. The Morgan fingerprint density at radius 3 is 2.72 bits per heavy atom. The molecule has 0 saturated carbocycles. The first-order chi connectivity index (χ1) is 8.67. The van der Waals surface area contributed by atoms with Gasteiger partial charge in [-0.3, -0.25) is 0 Å². The van der Waals surface area contributed by atoms with Gasteiger partial charge in [-0.1, -0.05) is 0 Å². The number of nitrogens with zero attached hydrogens (tertiary/aromatic N) is 3. The third kappa shape index (κ3) is 2.23. The third-order valence-corrected chi connectivity index (χ3v) is 3.87. The van der Waals surface area contributed by atoms with Gasteiger partial charge in [0.15, 0.2) is 5.82 Å². The van der Waals surface area contributed by atoms with E-state index in [0.717, 1.165) is 39.1 Å². The van der Waals surface area contributed by atoms with Gasteiger partial charge in [0.25, 0.3) is 0 Å². The van der Waals surface area contributed by atoms with Crippen molar-refractivity contribution in [1.29, 1.82) is 0 Å². The molecule has 6 nitrogen and oxygen atoms in total. The molecule has 1 aromatic rings. The summed E-state index contributed by atoms with van der Waals surface area (Å²) in [5.41, 5.74) is 9.94. The molecule has 0 atom stereocenters. The van der Waals surface area contributed by atoms with Crippen molar-refractivity contribution in [1.82, 2.24) is 15.0 Å².